The van der Waals surface area contributed by atoms with Crippen molar-refractivity contribution < 1.29 is 19.7 Å². The average molecular weight is 242 g/mol. The maximum Gasteiger partial charge on any atom is 0.339 e. The number of esters is 1. The number of rotatable bonds is 4. The van der Waals surface area contributed by atoms with Gasteiger partial charge in [0.2, 0.25) is 0 Å². The van der Waals surface area contributed by atoms with Crippen LogP contribution in [0.2, 0.25) is 0 Å². The standard InChI is InChI=1S/C11H14O4S/c1-3-15-11(14)9(13)7-5-4-6-8(12)10(7)16-2/h4-6,9,12-13H,3H2,1-2H3. The van der Waals surface area contributed by atoms with Crippen LogP contribution in [-0.2, 0) is 9.53 Å². The molecule has 16 heavy (non-hydrogen) atoms. The second-order valence-corrected chi connectivity index (χ2v) is 3.87. The largest absolute Gasteiger partial charge is 0.507 e. The van der Waals surface area contributed by atoms with Crippen molar-refractivity contribution in [2.75, 3.05) is 12.9 Å². The summed E-state index contributed by atoms with van der Waals surface area (Å²) in [7, 11) is 0. The summed E-state index contributed by atoms with van der Waals surface area (Å²) in [6.45, 7) is 1.88. The molecule has 0 aliphatic carbocycles. The van der Waals surface area contributed by atoms with Crippen molar-refractivity contribution in [3.05, 3.63) is 23.8 Å². The molecule has 1 unspecified atom stereocenters. The van der Waals surface area contributed by atoms with Crippen molar-refractivity contribution in [2.45, 2.75) is 17.9 Å². The Kier molecular flexibility index (Phi) is 4.64. The second-order valence-electron chi connectivity index (χ2n) is 3.05. The van der Waals surface area contributed by atoms with Gasteiger partial charge in [-0.3, -0.25) is 0 Å². The quantitative estimate of drug-likeness (QED) is 0.621. The van der Waals surface area contributed by atoms with Gasteiger partial charge in [0.05, 0.1) is 11.5 Å². The average Bonchev–Trinajstić information content (AvgIpc) is 2.28. The number of thioether (sulfide) groups is 1. The number of aliphatic hydroxyl groups excluding tert-OH is 1. The van der Waals surface area contributed by atoms with Gasteiger partial charge >= 0.3 is 5.97 Å². The van der Waals surface area contributed by atoms with E-state index in [2.05, 4.69) is 0 Å². The van der Waals surface area contributed by atoms with E-state index in [1.807, 2.05) is 0 Å². The monoisotopic (exact) mass is 242 g/mol. The minimum atomic E-state index is -1.35. The summed E-state index contributed by atoms with van der Waals surface area (Å²) in [4.78, 5) is 11.8. The van der Waals surface area contributed by atoms with Gasteiger partial charge in [0.1, 0.15) is 5.75 Å². The van der Waals surface area contributed by atoms with E-state index in [1.165, 1.54) is 17.8 Å². The van der Waals surface area contributed by atoms with Crippen molar-refractivity contribution in [2.24, 2.45) is 0 Å². The Morgan fingerprint density at radius 3 is 2.81 bits per heavy atom. The van der Waals surface area contributed by atoms with Crippen molar-refractivity contribution in [3.63, 3.8) is 0 Å². The van der Waals surface area contributed by atoms with Gasteiger partial charge in [0, 0.05) is 5.56 Å². The molecule has 1 aromatic rings. The van der Waals surface area contributed by atoms with E-state index in [0.717, 1.165) is 0 Å². The van der Waals surface area contributed by atoms with Crippen LogP contribution in [0.1, 0.15) is 18.6 Å². The minimum absolute atomic E-state index is 0.0494. The van der Waals surface area contributed by atoms with E-state index in [0.29, 0.717) is 10.5 Å². The van der Waals surface area contributed by atoms with Crippen molar-refractivity contribution >= 4 is 17.7 Å². The Morgan fingerprint density at radius 2 is 2.25 bits per heavy atom. The highest BCUT2D eigenvalue weighted by Crippen LogP contribution is 2.34. The third-order valence-electron chi connectivity index (χ3n) is 2.03. The van der Waals surface area contributed by atoms with Crippen LogP contribution in [0.5, 0.6) is 5.75 Å². The van der Waals surface area contributed by atoms with Gasteiger partial charge in [-0.2, -0.15) is 0 Å². The number of ether oxygens (including phenoxy) is 1. The van der Waals surface area contributed by atoms with Gasteiger partial charge in [0.25, 0.3) is 0 Å². The summed E-state index contributed by atoms with van der Waals surface area (Å²) in [5.74, 6) is -0.656. The minimum Gasteiger partial charge on any atom is -0.507 e. The van der Waals surface area contributed by atoms with Crippen LogP contribution in [0.3, 0.4) is 0 Å². The van der Waals surface area contributed by atoms with E-state index < -0.39 is 12.1 Å². The summed E-state index contributed by atoms with van der Waals surface area (Å²) < 4.78 is 4.72. The Morgan fingerprint density at radius 1 is 1.56 bits per heavy atom. The van der Waals surface area contributed by atoms with E-state index in [4.69, 9.17) is 4.74 Å². The number of aromatic hydroxyl groups is 1. The highest BCUT2D eigenvalue weighted by molar-refractivity contribution is 7.98. The molecule has 0 fully saturated rings. The highest BCUT2D eigenvalue weighted by atomic mass is 32.2. The molecule has 0 aliphatic rings. The Hall–Kier alpha value is -1.20. The van der Waals surface area contributed by atoms with Crippen LogP contribution in [0.15, 0.2) is 23.1 Å². The summed E-state index contributed by atoms with van der Waals surface area (Å²) in [5, 5.41) is 19.3. The molecule has 5 heteroatoms. The molecule has 0 saturated carbocycles. The molecule has 1 atom stereocenters. The SMILES string of the molecule is CCOC(=O)C(O)c1cccc(O)c1SC. The molecule has 1 aromatic carbocycles. The van der Waals surface area contributed by atoms with Gasteiger partial charge in [0.15, 0.2) is 6.10 Å². The predicted octanol–water partition coefficient (Wildman–Crippen LogP) is 1.71. The summed E-state index contributed by atoms with van der Waals surface area (Å²) >= 11 is 1.27. The second kappa shape index (κ2) is 5.77. The molecule has 1 rings (SSSR count). The lowest BCUT2D eigenvalue weighted by Crippen LogP contribution is -2.16. The van der Waals surface area contributed by atoms with Crippen molar-refractivity contribution in [3.8, 4) is 5.75 Å². The number of phenols is 1. The molecule has 4 nitrogen and oxygen atoms in total. The molecule has 2 N–H and O–H groups in total. The first-order chi connectivity index (χ1) is 7.61. The number of benzene rings is 1. The summed E-state index contributed by atoms with van der Waals surface area (Å²) in [6.07, 6.45) is 0.408. The normalized spacial score (nSPS) is 12.2. The van der Waals surface area contributed by atoms with E-state index in [9.17, 15) is 15.0 Å². The zero-order valence-corrected chi connectivity index (χ0v) is 9.95. The van der Waals surface area contributed by atoms with Crippen LogP contribution in [0, 0.1) is 0 Å². The van der Waals surface area contributed by atoms with E-state index in [1.54, 1.807) is 25.3 Å². The number of carbonyl (C=O) groups excluding carboxylic acids is 1. The van der Waals surface area contributed by atoms with Crippen LogP contribution in [0.25, 0.3) is 0 Å². The molecule has 0 heterocycles. The van der Waals surface area contributed by atoms with Crippen LogP contribution in [0.4, 0.5) is 0 Å². The summed E-state index contributed by atoms with van der Waals surface area (Å²) in [6, 6.07) is 4.67. The first-order valence-electron chi connectivity index (χ1n) is 4.82. The van der Waals surface area contributed by atoms with Gasteiger partial charge < -0.3 is 14.9 Å². The van der Waals surface area contributed by atoms with Crippen molar-refractivity contribution in [1.29, 1.82) is 0 Å². The third kappa shape index (κ3) is 2.68. The number of aliphatic hydroxyl groups is 1. The van der Waals surface area contributed by atoms with E-state index in [-0.39, 0.29) is 12.4 Å². The van der Waals surface area contributed by atoms with Crippen LogP contribution < -0.4 is 0 Å². The third-order valence-corrected chi connectivity index (χ3v) is 2.89. The predicted molar refractivity (Wildman–Crippen MR) is 61.5 cm³/mol. The van der Waals surface area contributed by atoms with Gasteiger partial charge in [-0.05, 0) is 19.2 Å². The zero-order chi connectivity index (χ0) is 12.1. The van der Waals surface area contributed by atoms with Gasteiger partial charge in [-0.1, -0.05) is 12.1 Å². The molecule has 0 saturated heterocycles. The zero-order valence-electron chi connectivity index (χ0n) is 9.14. The molecule has 0 aromatic heterocycles. The molecule has 88 valence electrons. The number of carbonyl (C=O) groups is 1. The molecule has 0 spiro atoms. The molecular formula is C11H14O4S. The lowest BCUT2D eigenvalue weighted by atomic mass is 10.1. The topological polar surface area (TPSA) is 66.8 Å². The maximum absolute atomic E-state index is 11.4. The lowest BCUT2D eigenvalue weighted by Gasteiger charge is -2.14. The number of hydrogen-bond acceptors (Lipinski definition) is 5. The fourth-order valence-corrected chi connectivity index (χ4v) is 2.02. The van der Waals surface area contributed by atoms with Crippen LogP contribution in [-0.4, -0.2) is 29.0 Å². The maximum atomic E-state index is 11.4. The molecule has 0 amide bonds. The Labute approximate surface area is 98.2 Å². The number of phenolic OH excluding ortho intramolecular Hbond substituents is 1. The number of hydrogen-bond donors (Lipinski definition) is 2. The summed E-state index contributed by atoms with van der Waals surface area (Å²) in [5.41, 5.74) is 0.367. The Bertz CT molecular complexity index is 378. The molecule has 0 bridgehead atoms. The first-order valence-corrected chi connectivity index (χ1v) is 6.04. The van der Waals surface area contributed by atoms with Gasteiger partial charge in [-0.25, -0.2) is 4.79 Å². The molecule has 0 aliphatic heterocycles. The highest BCUT2D eigenvalue weighted by Gasteiger charge is 2.22. The molecule has 0 radical (unpaired) electrons. The lowest BCUT2D eigenvalue weighted by molar-refractivity contribution is -0.153. The van der Waals surface area contributed by atoms with Crippen LogP contribution >= 0.6 is 11.8 Å². The van der Waals surface area contributed by atoms with E-state index >= 15 is 0 Å². The van der Waals surface area contributed by atoms with Gasteiger partial charge in [-0.15, -0.1) is 11.8 Å². The van der Waals surface area contributed by atoms with Crippen molar-refractivity contribution in [1.82, 2.24) is 0 Å². The smallest absolute Gasteiger partial charge is 0.339 e. The fourth-order valence-electron chi connectivity index (χ4n) is 1.33. The molecular weight excluding hydrogens is 228 g/mol. The first kappa shape index (κ1) is 12.9. The Balaban J connectivity index is 3.03. The fraction of sp³-hybridized carbons (Fsp3) is 0.364.